The summed E-state index contributed by atoms with van der Waals surface area (Å²) in [5.74, 6) is 6.02. The lowest BCUT2D eigenvalue weighted by Gasteiger charge is -2.19. The summed E-state index contributed by atoms with van der Waals surface area (Å²) in [5, 5.41) is 0.618. The van der Waals surface area contributed by atoms with E-state index in [-0.39, 0.29) is 5.91 Å². The molecule has 0 bridgehead atoms. The minimum absolute atomic E-state index is 0.384. The van der Waals surface area contributed by atoms with Gasteiger partial charge < -0.3 is 4.90 Å². The summed E-state index contributed by atoms with van der Waals surface area (Å²) in [7, 11) is 0. The highest BCUT2D eigenvalue weighted by Gasteiger charge is 2.22. The number of amides is 1. The number of nitrogens with zero attached hydrogens (tertiary/aromatic N) is 3. The predicted octanol–water partition coefficient (Wildman–Crippen LogP) is 2.00. The van der Waals surface area contributed by atoms with Gasteiger partial charge in [-0.3, -0.25) is 10.2 Å². The van der Waals surface area contributed by atoms with Gasteiger partial charge in [0.1, 0.15) is 11.4 Å². The average molecular weight is 318 g/mol. The van der Waals surface area contributed by atoms with Crippen LogP contribution in [0.1, 0.15) is 23.2 Å². The molecular weight excluding hydrogens is 302 g/mol. The Hall–Kier alpha value is -2.18. The maximum atomic E-state index is 11.9. The topological polar surface area (TPSA) is 84.1 Å². The molecule has 22 heavy (non-hydrogen) atoms. The molecule has 1 fully saturated rings. The Morgan fingerprint density at radius 3 is 2.77 bits per heavy atom. The molecule has 0 atom stereocenters. The minimum atomic E-state index is -0.389. The van der Waals surface area contributed by atoms with Crippen LogP contribution >= 0.6 is 11.6 Å². The van der Waals surface area contributed by atoms with Gasteiger partial charge in [0.2, 0.25) is 0 Å². The second kappa shape index (κ2) is 6.29. The third-order valence-corrected chi connectivity index (χ3v) is 3.87. The molecule has 0 aliphatic carbocycles. The van der Waals surface area contributed by atoms with Crippen molar-refractivity contribution in [2.45, 2.75) is 12.8 Å². The molecule has 0 radical (unpaired) electrons. The molecule has 0 unspecified atom stereocenters. The number of hydrazine groups is 1. The van der Waals surface area contributed by atoms with Gasteiger partial charge in [-0.25, -0.2) is 15.8 Å². The van der Waals surface area contributed by atoms with E-state index in [0.717, 1.165) is 31.5 Å². The summed E-state index contributed by atoms with van der Waals surface area (Å²) in [5.41, 5.74) is 3.34. The van der Waals surface area contributed by atoms with Gasteiger partial charge >= 0.3 is 0 Å². The number of aromatic nitrogens is 2. The van der Waals surface area contributed by atoms with Crippen LogP contribution in [0.3, 0.4) is 0 Å². The molecule has 7 heteroatoms. The second-order valence-corrected chi connectivity index (χ2v) is 5.55. The standard InChI is InChI=1S/C15H16ClN5O/c16-11-5-3-4-10(8-11)13-18-9-12(15(22)20-17)14(19-13)21-6-1-2-7-21/h3-5,8-9H,1-2,6-7,17H2,(H,20,22). The summed E-state index contributed by atoms with van der Waals surface area (Å²) in [6, 6.07) is 7.32. The van der Waals surface area contributed by atoms with Crippen LogP contribution in [-0.4, -0.2) is 29.0 Å². The number of nitrogen functional groups attached to an aromatic ring is 1. The number of hydrogen-bond acceptors (Lipinski definition) is 5. The number of benzene rings is 1. The van der Waals surface area contributed by atoms with Crippen molar-refractivity contribution < 1.29 is 4.79 Å². The van der Waals surface area contributed by atoms with Crippen LogP contribution in [0.5, 0.6) is 0 Å². The van der Waals surface area contributed by atoms with Crippen LogP contribution in [0.15, 0.2) is 30.5 Å². The second-order valence-electron chi connectivity index (χ2n) is 5.11. The third kappa shape index (κ3) is 2.88. The lowest BCUT2D eigenvalue weighted by atomic mass is 10.2. The van der Waals surface area contributed by atoms with Crippen molar-refractivity contribution in [3.05, 3.63) is 41.0 Å². The van der Waals surface area contributed by atoms with Gasteiger partial charge in [-0.15, -0.1) is 0 Å². The Bertz CT molecular complexity index is 700. The van der Waals surface area contributed by atoms with E-state index < -0.39 is 0 Å². The van der Waals surface area contributed by atoms with Crippen LogP contribution in [0.25, 0.3) is 11.4 Å². The lowest BCUT2D eigenvalue weighted by molar-refractivity contribution is 0.0953. The normalized spacial score (nSPS) is 14.2. The zero-order chi connectivity index (χ0) is 15.5. The van der Waals surface area contributed by atoms with Gasteiger partial charge in [-0.1, -0.05) is 23.7 Å². The summed E-state index contributed by atoms with van der Waals surface area (Å²) in [4.78, 5) is 22.9. The predicted molar refractivity (Wildman–Crippen MR) is 85.6 cm³/mol. The molecule has 3 N–H and O–H groups in total. The fourth-order valence-electron chi connectivity index (χ4n) is 2.55. The molecule has 1 amide bonds. The lowest BCUT2D eigenvalue weighted by Crippen LogP contribution is -2.33. The first-order valence-electron chi connectivity index (χ1n) is 7.08. The average Bonchev–Trinajstić information content (AvgIpc) is 3.08. The summed E-state index contributed by atoms with van der Waals surface area (Å²) in [6.45, 7) is 1.74. The molecule has 6 nitrogen and oxygen atoms in total. The summed E-state index contributed by atoms with van der Waals surface area (Å²) in [6.07, 6.45) is 3.68. The Kier molecular flexibility index (Phi) is 4.22. The molecule has 2 aromatic rings. The fraction of sp³-hybridized carbons (Fsp3) is 0.267. The summed E-state index contributed by atoms with van der Waals surface area (Å²) >= 11 is 6.02. The molecule has 2 heterocycles. The van der Waals surface area contributed by atoms with Crippen molar-refractivity contribution in [3.63, 3.8) is 0 Å². The molecule has 1 saturated heterocycles. The fourth-order valence-corrected chi connectivity index (χ4v) is 2.74. The van der Waals surface area contributed by atoms with Gasteiger partial charge in [0, 0.05) is 29.9 Å². The van der Waals surface area contributed by atoms with E-state index in [1.165, 1.54) is 6.20 Å². The van der Waals surface area contributed by atoms with E-state index >= 15 is 0 Å². The molecule has 1 aromatic heterocycles. The van der Waals surface area contributed by atoms with E-state index in [0.29, 0.717) is 22.2 Å². The van der Waals surface area contributed by atoms with Gasteiger partial charge in [-0.2, -0.15) is 0 Å². The van der Waals surface area contributed by atoms with Crippen LogP contribution in [0, 0.1) is 0 Å². The van der Waals surface area contributed by atoms with Crippen LogP contribution in [0.4, 0.5) is 5.82 Å². The third-order valence-electron chi connectivity index (χ3n) is 3.63. The highest BCUT2D eigenvalue weighted by molar-refractivity contribution is 6.30. The zero-order valence-corrected chi connectivity index (χ0v) is 12.7. The van der Waals surface area contributed by atoms with Crippen molar-refractivity contribution >= 4 is 23.3 Å². The van der Waals surface area contributed by atoms with Gasteiger partial charge in [0.25, 0.3) is 5.91 Å². The quantitative estimate of drug-likeness (QED) is 0.514. The number of halogens is 1. The Morgan fingerprint density at radius 1 is 1.32 bits per heavy atom. The van der Waals surface area contributed by atoms with Gasteiger partial charge in [0.15, 0.2) is 5.82 Å². The molecule has 114 valence electrons. The molecule has 1 aromatic carbocycles. The number of hydrogen-bond donors (Lipinski definition) is 2. The van der Waals surface area contributed by atoms with E-state index in [1.54, 1.807) is 12.1 Å². The molecule has 1 aliphatic heterocycles. The minimum Gasteiger partial charge on any atom is -0.356 e. The SMILES string of the molecule is NNC(=O)c1cnc(-c2cccc(Cl)c2)nc1N1CCCC1. The van der Waals surface area contributed by atoms with Crippen LogP contribution in [0.2, 0.25) is 5.02 Å². The number of nitrogens with two attached hydrogens (primary N) is 1. The highest BCUT2D eigenvalue weighted by atomic mass is 35.5. The van der Waals surface area contributed by atoms with E-state index in [2.05, 4.69) is 20.3 Å². The van der Waals surface area contributed by atoms with E-state index in [4.69, 9.17) is 17.4 Å². The Labute approximate surface area is 133 Å². The first kappa shape index (κ1) is 14.7. The monoisotopic (exact) mass is 317 g/mol. The molecule has 0 spiro atoms. The first-order valence-corrected chi connectivity index (χ1v) is 7.45. The van der Waals surface area contributed by atoms with Crippen molar-refractivity contribution in [1.29, 1.82) is 0 Å². The zero-order valence-electron chi connectivity index (χ0n) is 11.9. The number of anilines is 1. The molecule has 0 saturated carbocycles. The van der Waals surface area contributed by atoms with E-state index in [9.17, 15) is 4.79 Å². The van der Waals surface area contributed by atoms with Crippen LogP contribution in [-0.2, 0) is 0 Å². The molecule has 3 rings (SSSR count). The smallest absolute Gasteiger partial charge is 0.270 e. The van der Waals surface area contributed by atoms with Crippen molar-refractivity contribution in [2.75, 3.05) is 18.0 Å². The number of rotatable bonds is 3. The Morgan fingerprint density at radius 2 is 2.09 bits per heavy atom. The Balaban J connectivity index is 2.06. The van der Waals surface area contributed by atoms with Crippen LogP contribution < -0.4 is 16.2 Å². The van der Waals surface area contributed by atoms with Crippen molar-refractivity contribution in [3.8, 4) is 11.4 Å². The first-order chi connectivity index (χ1) is 10.7. The molecule has 1 aliphatic rings. The van der Waals surface area contributed by atoms with Gasteiger partial charge in [-0.05, 0) is 25.0 Å². The van der Waals surface area contributed by atoms with Crippen molar-refractivity contribution in [2.24, 2.45) is 5.84 Å². The van der Waals surface area contributed by atoms with E-state index in [1.807, 2.05) is 12.1 Å². The number of nitrogens with one attached hydrogen (secondary N) is 1. The highest BCUT2D eigenvalue weighted by Crippen LogP contribution is 2.26. The number of carbonyl (C=O) groups is 1. The van der Waals surface area contributed by atoms with Crippen molar-refractivity contribution in [1.82, 2.24) is 15.4 Å². The molecular formula is C15H16ClN5O. The van der Waals surface area contributed by atoms with Gasteiger partial charge in [0.05, 0.1) is 0 Å². The maximum Gasteiger partial charge on any atom is 0.270 e. The largest absolute Gasteiger partial charge is 0.356 e. The summed E-state index contributed by atoms with van der Waals surface area (Å²) < 4.78 is 0. The number of carbonyl (C=O) groups excluding carboxylic acids is 1. The maximum absolute atomic E-state index is 11.9.